The number of nitrogens with zero attached hydrogens (tertiary/aromatic N) is 1. The van der Waals surface area contributed by atoms with Gasteiger partial charge < -0.3 is 0 Å². The molecule has 0 N–H and O–H groups in total. The number of benzene rings is 1. The van der Waals surface area contributed by atoms with Gasteiger partial charge in [-0.3, -0.25) is 0 Å². The summed E-state index contributed by atoms with van der Waals surface area (Å²) in [5.74, 6) is 0.0150. The van der Waals surface area contributed by atoms with Crippen molar-refractivity contribution in [2.75, 3.05) is 0 Å². The molecule has 0 spiro atoms. The molecular formula is C15H27N. The second-order valence-electron chi connectivity index (χ2n) is 2.26. The highest BCUT2D eigenvalue weighted by Gasteiger charge is 1.99. The van der Waals surface area contributed by atoms with E-state index in [-0.39, 0.29) is 5.92 Å². The molecule has 0 heterocycles. The van der Waals surface area contributed by atoms with Crippen molar-refractivity contribution in [2.24, 2.45) is 0 Å². The smallest absolute Gasteiger partial charge is 0.0700 e. The Morgan fingerprint density at radius 3 is 1.56 bits per heavy atom. The first-order chi connectivity index (χ1) is 7.84. The monoisotopic (exact) mass is 221 g/mol. The maximum absolute atomic E-state index is 8.54. The Morgan fingerprint density at radius 2 is 1.25 bits per heavy atom. The molecule has 0 saturated carbocycles. The SMILES string of the molecule is CC.CC.CC.CC(C#N)c1ccccc1. The summed E-state index contributed by atoms with van der Waals surface area (Å²) >= 11 is 0. The van der Waals surface area contributed by atoms with Crippen molar-refractivity contribution >= 4 is 0 Å². The van der Waals surface area contributed by atoms with Crippen LogP contribution in [-0.4, -0.2) is 0 Å². The molecule has 92 valence electrons. The predicted octanol–water partition coefficient (Wildman–Crippen LogP) is 5.39. The Bertz CT molecular complexity index is 233. The molecule has 1 aromatic carbocycles. The molecular weight excluding hydrogens is 194 g/mol. The van der Waals surface area contributed by atoms with Gasteiger partial charge in [-0.2, -0.15) is 5.26 Å². The van der Waals surface area contributed by atoms with Gasteiger partial charge in [0.2, 0.25) is 0 Å². The van der Waals surface area contributed by atoms with Gasteiger partial charge in [-0.15, -0.1) is 0 Å². The van der Waals surface area contributed by atoms with Crippen molar-refractivity contribution in [1.29, 1.82) is 5.26 Å². The molecule has 0 fully saturated rings. The van der Waals surface area contributed by atoms with Crippen LogP contribution in [0.3, 0.4) is 0 Å². The second-order valence-corrected chi connectivity index (χ2v) is 2.26. The lowest BCUT2D eigenvalue weighted by molar-refractivity contribution is 0.982. The van der Waals surface area contributed by atoms with Gasteiger partial charge in [0.15, 0.2) is 0 Å². The van der Waals surface area contributed by atoms with Gasteiger partial charge in [0, 0.05) is 0 Å². The highest BCUT2D eigenvalue weighted by Crippen LogP contribution is 2.11. The fraction of sp³-hybridized carbons (Fsp3) is 0.533. The molecule has 1 heteroatoms. The molecule has 0 aliphatic rings. The Morgan fingerprint density at radius 1 is 0.875 bits per heavy atom. The maximum Gasteiger partial charge on any atom is 0.0700 e. The van der Waals surface area contributed by atoms with Crippen LogP contribution >= 0.6 is 0 Å². The summed E-state index contributed by atoms with van der Waals surface area (Å²) in [6.45, 7) is 13.9. The number of hydrogen-bond acceptors (Lipinski definition) is 1. The van der Waals surface area contributed by atoms with Gasteiger partial charge in [-0.25, -0.2) is 0 Å². The molecule has 0 aliphatic heterocycles. The molecule has 1 atom stereocenters. The van der Waals surface area contributed by atoms with Crippen LogP contribution in [-0.2, 0) is 0 Å². The third-order valence-corrected chi connectivity index (χ3v) is 1.49. The summed E-state index contributed by atoms with van der Waals surface area (Å²) < 4.78 is 0. The molecule has 1 unspecified atom stereocenters. The van der Waals surface area contributed by atoms with Crippen LogP contribution in [0.5, 0.6) is 0 Å². The normalized spacial score (nSPS) is 8.62. The van der Waals surface area contributed by atoms with Crippen LogP contribution in [0, 0.1) is 11.3 Å². The van der Waals surface area contributed by atoms with E-state index in [1.807, 2.05) is 78.8 Å². The van der Waals surface area contributed by atoms with E-state index < -0.39 is 0 Å². The van der Waals surface area contributed by atoms with E-state index in [0.717, 1.165) is 5.56 Å². The van der Waals surface area contributed by atoms with E-state index in [4.69, 9.17) is 5.26 Å². The molecule has 0 aliphatic carbocycles. The van der Waals surface area contributed by atoms with Gasteiger partial charge >= 0.3 is 0 Å². The Balaban J connectivity index is -0.000000245. The fourth-order valence-corrected chi connectivity index (χ4v) is 0.816. The van der Waals surface area contributed by atoms with Gasteiger partial charge in [-0.05, 0) is 12.5 Å². The molecule has 0 saturated heterocycles. The first-order valence-corrected chi connectivity index (χ1v) is 6.29. The average Bonchev–Trinajstić information content (AvgIpc) is 2.45. The summed E-state index contributed by atoms with van der Waals surface area (Å²) in [5.41, 5.74) is 1.09. The first kappa shape index (κ1) is 20.2. The fourth-order valence-electron chi connectivity index (χ4n) is 0.816. The summed E-state index contributed by atoms with van der Waals surface area (Å²) in [6, 6.07) is 12.0. The largest absolute Gasteiger partial charge is 0.198 e. The lowest BCUT2D eigenvalue weighted by Crippen LogP contribution is -1.86. The number of hydrogen-bond donors (Lipinski definition) is 0. The summed E-state index contributed by atoms with van der Waals surface area (Å²) in [7, 11) is 0. The third-order valence-electron chi connectivity index (χ3n) is 1.49. The van der Waals surface area contributed by atoms with E-state index in [9.17, 15) is 0 Å². The Labute approximate surface area is 102 Å². The van der Waals surface area contributed by atoms with Crippen LogP contribution in [0.4, 0.5) is 0 Å². The van der Waals surface area contributed by atoms with Crippen molar-refractivity contribution in [1.82, 2.24) is 0 Å². The summed E-state index contributed by atoms with van der Waals surface area (Å²) in [4.78, 5) is 0. The second kappa shape index (κ2) is 19.3. The number of rotatable bonds is 1. The average molecular weight is 221 g/mol. The molecule has 1 rings (SSSR count). The van der Waals surface area contributed by atoms with Crippen LogP contribution in [0.15, 0.2) is 30.3 Å². The zero-order chi connectivity index (χ0) is 13.4. The zero-order valence-electron chi connectivity index (χ0n) is 11.9. The van der Waals surface area contributed by atoms with Gasteiger partial charge in [0.1, 0.15) is 0 Å². The molecule has 0 bridgehead atoms. The molecule has 0 amide bonds. The molecule has 1 nitrogen and oxygen atoms in total. The van der Waals surface area contributed by atoms with Crippen LogP contribution in [0.2, 0.25) is 0 Å². The van der Waals surface area contributed by atoms with Crippen molar-refractivity contribution in [3.63, 3.8) is 0 Å². The third kappa shape index (κ3) is 10.8. The van der Waals surface area contributed by atoms with Crippen molar-refractivity contribution < 1.29 is 0 Å². The first-order valence-electron chi connectivity index (χ1n) is 6.29. The van der Waals surface area contributed by atoms with Gasteiger partial charge in [0.05, 0.1) is 12.0 Å². The molecule has 16 heavy (non-hydrogen) atoms. The minimum atomic E-state index is 0.0150. The van der Waals surface area contributed by atoms with Crippen LogP contribution in [0.25, 0.3) is 0 Å². The zero-order valence-corrected chi connectivity index (χ0v) is 11.9. The number of nitriles is 1. The Kier molecular flexibility index (Phi) is 24.3. The summed E-state index contributed by atoms with van der Waals surface area (Å²) in [6.07, 6.45) is 0. The minimum Gasteiger partial charge on any atom is -0.198 e. The van der Waals surface area contributed by atoms with E-state index in [1.165, 1.54) is 0 Å². The van der Waals surface area contributed by atoms with E-state index >= 15 is 0 Å². The van der Waals surface area contributed by atoms with Crippen LogP contribution < -0.4 is 0 Å². The lowest BCUT2D eigenvalue weighted by Gasteiger charge is -1.99. The minimum absolute atomic E-state index is 0.0150. The topological polar surface area (TPSA) is 23.8 Å². The van der Waals surface area contributed by atoms with Crippen molar-refractivity contribution in [3.8, 4) is 6.07 Å². The summed E-state index contributed by atoms with van der Waals surface area (Å²) in [5, 5.41) is 8.54. The van der Waals surface area contributed by atoms with Crippen LogP contribution in [0.1, 0.15) is 59.9 Å². The Hall–Kier alpha value is -1.29. The van der Waals surface area contributed by atoms with Crippen molar-refractivity contribution in [3.05, 3.63) is 35.9 Å². The highest BCUT2D eigenvalue weighted by atomic mass is 14.3. The quantitative estimate of drug-likeness (QED) is 0.623. The van der Waals surface area contributed by atoms with E-state index in [2.05, 4.69) is 6.07 Å². The van der Waals surface area contributed by atoms with E-state index in [1.54, 1.807) is 0 Å². The highest BCUT2D eigenvalue weighted by molar-refractivity contribution is 5.23. The van der Waals surface area contributed by atoms with Gasteiger partial charge in [0.25, 0.3) is 0 Å². The lowest BCUT2D eigenvalue weighted by atomic mass is 10.0. The molecule has 1 aromatic rings. The standard InChI is InChI=1S/C9H9N.3C2H6/c1-8(7-10)9-5-3-2-4-6-9;3*1-2/h2-6,8H,1H3;3*1-2H3. The maximum atomic E-state index is 8.54. The van der Waals surface area contributed by atoms with Gasteiger partial charge in [-0.1, -0.05) is 71.9 Å². The van der Waals surface area contributed by atoms with Crippen molar-refractivity contribution in [2.45, 2.75) is 54.4 Å². The van der Waals surface area contributed by atoms with E-state index in [0.29, 0.717) is 0 Å². The molecule has 0 aromatic heterocycles. The molecule has 0 radical (unpaired) electrons. The predicted molar refractivity (Wildman–Crippen MR) is 74.5 cm³/mol.